The number of halogens is 2. The molecule has 0 bridgehead atoms. The Hall–Kier alpha value is -1.91. The highest BCUT2D eigenvalue weighted by Gasteiger charge is 2.15. The minimum Gasteiger partial charge on any atom is -0.442 e. The largest absolute Gasteiger partial charge is 0.442 e. The first-order chi connectivity index (χ1) is 9.08. The summed E-state index contributed by atoms with van der Waals surface area (Å²) in [5, 5.41) is 0. The number of primary amides is 1. The van der Waals surface area contributed by atoms with E-state index in [2.05, 4.69) is 4.74 Å². The van der Waals surface area contributed by atoms with E-state index in [-0.39, 0.29) is 5.57 Å². The van der Waals surface area contributed by atoms with Gasteiger partial charge in [0, 0.05) is 0 Å². The number of ether oxygens (including phenoxy) is 1. The molecule has 2 N–H and O–H groups in total. The second-order valence-corrected chi connectivity index (χ2v) is 4.48. The normalized spacial score (nSPS) is 15.2. The van der Waals surface area contributed by atoms with Crippen LogP contribution in [0.5, 0.6) is 0 Å². The quantitative estimate of drug-likeness (QED) is 0.673. The van der Waals surface area contributed by atoms with Crippen LogP contribution in [-0.4, -0.2) is 12.5 Å². The third-order valence-corrected chi connectivity index (χ3v) is 3.21. The zero-order valence-corrected chi connectivity index (χ0v) is 10.4. The molecule has 1 aliphatic carbocycles. The second kappa shape index (κ2) is 5.82. The van der Waals surface area contributed by atoms with E-state index < -0.39 is 12.5 Å². The van der Waals surface area contributed by atoms with Crippen LogP contribution in [0.3, 0.4) is 0 Å². The number of amides is 1. The van der Waals surface area contributed by atoms with Crippen molar-refractivity contribution in [1.29, 1.82) is 0 Å². The van der Waals surface area contributed by atoms with E-state index in [4.69, 9.17) is 5.73 Å². The Bertz CT molecular complexity index is 512. The van der Waals surface area contributed by atoms with Crippen LogP contribution in [0, 0.1) is 0 Å². The van der Waals surface area contributed by atoms with Crippen molar-refractivity contribution in [3.63, 3.8) is 0 Å². The number of nitrogens with two attached hydrogens (primary N) is 1. The molecule has 0 saturated heterocycles. The lowest BCUT2D eigenvalue weighted by Gasteiger charge is -2.16. The third-order valence-electron chi connectivity index (χ3n) is 3.21. The Morgan fingerprint density at radius 2 is 1.95 bits per heavy atom. The maximum atomic E-state index is 12.0. The lowest BCUT2D eigenvalue weighted by molar-refractivity contribution is -0.113. The van der Waals surface area contributed by atoms with E-state index in [1.165, 1.54) is 5.56 Å². The van der Waals surface area contributed by atoms with Crippen molar-refractivity contribution >= 4 is 11.5 Å². The lowest BCUT2D eigenvalue weighted by Crippen LogP contribution is -2.14. The van der Waals surface area contributed by atoms with Gasteiger partial charge >= 0.3 is 6.61 Å². The van der Waals surface area contributed by atoms with E-state index in [0.717, 1.165) is 37.5 Å². The van der Waals surface area contributed by atoms with Gasteiger partial charge in [0.1, 0.15) is 6.26 Å². The van der Waals surface area contributed by atoms with Crippen LogP contribution in [0.1, 0.15) is 29.5 Å². The number of hydrogen-bond acceptors (Lipinski definition) is 2. The van der Waals surface area contributed by atoms with Gasteiger partial charge in [-0.2, -0.15) is 8.78 Å². The molecule has 19 heavy (non-hydrogen) atoms. The highest BCUT2D eigenvalue weighted by molar-refractivity contribution is 6.18. The number of hydrogen-bond donors (Lipinski definition) is 1. The van der Waals surface area contributed by atoms with Gasteiger partial charge in [0.05, 0.1) is 5.57 Å². The number of aryl methyl sites for hydroxylation is 2. The van der Waals surface area contributed by atoms with Gasteiger partial charge in [0.25, 0.3) is 5.91 Å². The fourth-order valence-corrected chi connectivity index (χ4v) is 2.29. The number of fused-ring (bicyclic) bond motifs is 1. The molecule has 0 saturated carbocycles. The van der Waals surface area contributed by atoms with Gasteiger partial charge in [-0.3, -0.25) is 4.79 Å². The van der Waals surface area contributed by atoms with E-state index in [1.807, 2.05) is 12.1 Å². The topological polar surface area (TPSA) is 52.3 Å². The summed E-state index contributed by atoms with van der Waals surface area (Å²) < 4.78 is 28.1. The summed E-state index contributed by atoms with van der Waals surface area (Å²) in [6.07, 6.45) is 4.93. The summed E-state index contributed by atoms with van der Waals surface area (Å²) in [6, 6.07) is 5.47. The molecule has 1 aromatic carbocycles. The van der Waals surface area contributed by atoms with Gasteiger partial charge in [0.15, 0.2) is 0 Å². The van der Waals surface area contributed by atoms with Crippen molar-refractivity contribution in [2.45, 2.75) is 32.3 Å². The first-order valence-corrected chi connectivity index (χ1v) is 6.13. The molecule has 0 aromatic heterocycles. The van der Waals surface area contributed by atoms with Crippen LogP contribution in [-0.2, 0) is 22.4 Å². The lowest BCUT2D eigenvalue weighted by atomic mass is 9.89. The highest BCUT2D eigenvalue weighted by atomic mass is 19.3. The minimum atomic E-state index is -2.97. The van der Waals surface area contributed by atoms with Crippen molar-refractivity contribution in [2.75, 3.05) is 0 Å². The summed E-state index contributed by atoms with van der Waals surface area (Å²) in [7, 11) is 0. The molecule has 0 spiro atoms. The monoisotopic (exact) mass is 267 g/mol. The van der Waals surface area contributed by atoms with Crippen LogP contribution >= 0.6 is 0 Å². The Morgan fingerprint density at radius 1 is 1.26 bits per heavy atom. The predicted octanol–water partition coefficient (Wildman–Crippen LogP) is 2.63. The van der Waals surface area contributed by atoms with E-state index in [9.17, 15) is 13.6 Å². The van der Waals surface area contributed by atoms with Crippen molar-refractivity contribution < 1.29 is 18.3 Å². The molecule has 3 nitrogen and oxygen atoms in total. The average Bonchev–Trinajstić information content (AvgIpc) is 2.38. The molecule has 0 heterocycles. The molecule has 5 heteroatoms. The molecule has 1 aliphatic rings. The van der Waals surface area contributed by atoms with Gasteiger partial charge in [-0.05, 0) is 42.4 Å². The molecule has 1 aromatic rings. The van der Waals surface area contributed by atoms with Crippen molar-refractivity contribution in [2.24, 2.45) is 5.73 Å². The number of carbonyl (C=O) groups is 1. The molecule has 0 aliphatic heterocycles. The fourth-order valence-electron chi connectivity index (χ4n) is 2.29. The Balaban J connectivity index is 2.32. The molecule has 2 rings (SSSR count). The summed E-state index contributed by atoms with van der Waals surface area (Å²) >= 11 is 0. The molecule has 1 amide bonds. The van der Waals surface area contributed by atoms with Crippen LogP contribution in [0.2, 0.25) is 0 Å². The SMILES string of the molecule is NC(=O)C(=COC(F)F)c1ccc2c(c1)CCCC2. The van der Waals surface area contributed by atoms with Crippen molar-refractivity contribution in [1.82, 2.24) is 0 Å². The minimum absolute atomic E-state index is 0.0336. The molecular formula is C14H15F2NO2. The van der Waals surface area contributed by atoms with Crippen LogP contribution < -0.4 is 5.73 Å². The maximum absolute atomic E-state index is 12.0. The van der Waals surface area contributed by atoms with E-state index in [1.54, 1.807) is 6.07 Å². The van der Waals surface area contributed by atoms with Gasteiger partial charge in [0.2, 0.25) is 0 Å². The average molecular weight is 267 g/mol. The Kier molecular flexibility index (Phi) is 4.14. The van der Waals surface area contributed by atoms with Gasteiger partial charge in [-0.1, -0.05) is 18.2 Å². The molecule has 0 radical (unpaired) electrons. The zero-order chi connectivity index (χ0) is 13.8. The third kappa shape index (κ3) is 3.30. The summed E-state index contributed by atoms with van der Waals surface area (Å²) in [5.41, 5.74) is 8.08. The van der Waals surface area contributed by atoms with Crippen LogP contribution in [0.4, 0.5) is 8.78 Å². The number of alkyl halides is 2. The van der Waals surface area contributed by atoms with Crippen LogP contribution in [0.15, 0.2) is 24.5 Å². The summed E-state index contributed by atoms with van der Waals surface area (Å²) in [4.78, 5) is 11.3. The predicted molar refractivity (Wildman–Crippen MR) is 67.3 cm³/mol. The molecule has 0 atom stereocenters. The van der Waals surface area contributed by atoms with Gasteiger partial charge in [-0.25, -0.2) is 0 Å². The molecule has 0 unspecified atom stereocenters. The summed E-state index contributed by atoms with van der Waals surface area (Å²) in [6.45, 7) is -2.97. The van der Waals surface area contributed by atoms with Gasteiger partial charge in [-0.15, -0.1) is 0 Å². The first-order valence-electron chi connectivity index (χ1n) is 6.13. The molecular weight excluding hydrogens is 252 g/mol. The van der Waals surface area contributed by atoms with E-state index in [0.29, 0.717) is 5.56 Å². The standard InChI is InChI=1S/C14H15F2NO2/c15-14(16)19-8-12(13(17)18)11-6-5-9-3-1-2-4-10(9)7-11/h5-8,14H,1-4H2,(H2,17,18). The Morgan fingerprint density at radius 3 is 2.58 bits per heavy atom. The van der Waals surface area contributed by atoms with Crippen LogP contribution in [0.25, 0.3) is 5.57 Å². The highest BCUT2D eigenvalue weighted by Crippen LogP contribution is 2.25. The second-order valence-electron chi connectivity index (χ2n) is 4.48. The fraction of sp³-hybridized carbons (Fsp3) is 0.357. The first kappa shape index (κ1) is 13.5. The Labute approximate surface area is 110 Å². The molecule has 102 valence electrons. The number of benzene rings is 1. The zero-order valence-electron chi connectivity index (χ0n) is 10.4. The number of carbonyl (C=O) groups excluding carboxylic acids is 1. The smallest absolute Gasteiger partial charge is 0.386 e. The van der Waals surface area contributed by atoms with Crippen molar-refractivity contribution in [3.8, 4) is 0 Å². The van der Waals surface area contributed by atoms with Crippen molar-refractivity contribution in [3.05, 3.63) is 41.2 Å². The number of rotatable bonds is 4. The van der Waals surface area contributed by atoms with E-state index >= 15 is 0 Å². The molecule has 0 fully saturated rings. The maximum Gasteiger partial charge on any atom is 0.386 e. The van der Waals surface area contributed by atoms with Gasteiger partial charge < -0.3 is 10.5 Å². The summed E-state index contributed by atoms with van der Waals surface area (Å²) in [5.74, 6) is -0.781.